The number of ether oxygens (including phenoxy) is 1. The molecule has 204 valence electrons. The maximum atomic E-state index is 13.0. The molecule has 0 saturated heterocycles. The van der Waals surface area contributed by atoms with Crippen LogP contribution in [0.1, 0.15) is 80.9 Å². The number of benzene rings is 3. The van der Waals surface area contributed by atoms with Crippen molar-refractivity contribution in [2.24, 2.45) is 0 Å². The van der Waals surface area contributed by atoms with E-state index < -0.39 is 10.0 Å². The van der Waals surface area contributed by atoms with Crippen molar-refractivity contribution in [3.63, 3.8) is 0 Å². The molecule has 0 N–H and O–H groups in total. The fourth-order valence-electron chi connectivity index (χ4n) is 4.56. The van der Waals surface area contributed by atoms with E-state index in [1.165, 1.54) is 18.2 Å². The van der Waals surface area contributed by atoms with E-state index in [9.17, 15) is 13.2 Å². The normalized spacial score (nSPS) is 14.1. The van der Waals surface area contributed by atoms with Gasteiger partial charge in [-0.25, -0.2) is 8.42 Å². The largest absolute Gasteiger partial charge is 0.453 e. The van der Waals surface area contributed by atoms with Gasteiger partial charge in [-0.05, 0) is 77.8 Å². The van der Waals surface area contributed by atoms with Crippen LogP contribution in [0.15, 0.2) is 89.8 Å². The van der Waals surface area contributed by atoms with Crippen LogP contribution in [0.25, 0.3) is 0 Å². The first-order chi connectivity index (χ1) is 18.2. The molecule has 0 aliphatic rings. The third kappa shape index (κ3) is 8.45. The Balaban J connectivity index is 1.66. The number of carbonyl (C=O) groups excluding carboxylic acids is 1. The van der Waals surface area contributed by atoms with Crippen molar-refractivity contribution in [2.45, 2.75) is 69.1 Å². The third-order valence-corrected chi connectivity index (χ3v) is 10.1. The number of esters is 1. The lowest BCUT2D eigenvalue weighted by atomic mass is 9.81. The van der Waals surface area contributed by atoms with E-state index in [1.54, 1.807) is 19.1 Å². The van der Waals surface area contributed by atoms with Crippen LogP contribution < -0.4 is 0 Å². The molecule has 3 rings (SSSR count). The summed E-state index contributed by atoms with van der Waals surface area (Å²) in [5.74, 6) is 0.771. The molecule has 0 saturated carbocycles. The predicted octanol–water partition coefficient (Wildman–Crippen LogP) is 7.73. The summed E-state index contributed by atoms with van der Waals surface area (Å²) in [7, 11) is -2.22. The van der Waals surface area contributed by atoms with Crippen molar-refractivity contribution in [1.82, 2.24) is 3.71 Å². The van der Waals surface area contributed by atoms with E-state index in [1.807, 2.05) is 12.1 Å². The van der Waals surface area contributed by atoms with Crippen molar-refractivity contribution in [1.29, 1.82) is 0 Å². The zero-order valence-electron chi connectivity index (χ0n) is 22.7. The molecule has 3 aromatic rings. The van der Waals surface area contributed by atoms with Gasteiger partial charge >= 0.3 is 5.97 Å². The Bertz CT molecular complexity index is 1230. The van der Waals surface area contributed by atoms with Crippen molar-refractivity contribution < 1.29 is 17.9 Å². The molecule has 0 bridgehead atoms. The van der Waals surface area contributed by atoms with Gasteiger partial charge in [-0.15, -0.1) is 3.71 Å². The zero-order valence-corrected chi connectivity index (χ0v) is 24.4. The summed E-state index contributed by atoms with van der Waals surface area (Å²) in [4.78, 5) is 11.5. The minimum absolute atomic E-state index is 0.0404. The van der Waals surface area contributed by atoms with Crippen molar-refractivity contribution in [3.05, 3.63) is 102 Å². The number of sulfonamides is 1. The first-order valence-electron chi connectivity index (χ1n) is 13.2. The number of carbonyl (C=O) groups is 1. The first kappa shape index (κ1) is 29.9. The van der Waals surface area contributed by atoms with Crippen LogP contribution in [0.2, 0.25) is 0 Å². The van der Waals surface area contributed by atoms with Crippen LogP contribution in [0.5, 0.6) is 0 Å². The minimum Gasteiger partial charge on any atom is -0.453 e. The predicted molar refractivity (Wildman–Crippen MR) is 157 cm³/mol. The molecule has 0 aromatic heterocycles. The maximum Gasteiger partial charge on any atom is 0.306 e. The Morgan fingerprint density at radius 2 is 1.37 bits per heavy atom. The van der Waals surface area contributed by atoms with E-state index in [2.05, 4.69) is 74.5 Å². The highest BCUT2D eigenvalue weighted by Crippen LogP contribution is 2.36. The van der Waals surface area contributed by atoms with Crippen LogP contribution in [-0.2, 0) is 19.6 Å². The molecule has 3 atom stereocenters. The molecule has 5 nitrogen and oxygen atoms in total. The fraction of sp³-hybridized carbons (Fsp3) is 0.387. The van der Waals surface area contributed by atoms with Gasteiger partial charge in [-0.1, -0.05) is 93.6 Å². The molecule has 0 fully saturated rings. The Kier molecular flexibility index (Phi) is 11.4. The smallest absolute Gasteiger partial charge is 0.306 e. The Labute approximate surface area is 232 Å². The van der Waals surface area contributed by atoms with Crippen molar-refractivity contribution in [3.8, 4) is 0 Å². The number of rotatable bonds is 14. The molecule has 3 aromatic carbocycles. The number of hydrogen-bond acceptors (Lipinski definition) is 5. The third-order valence-electron chi connectivity index (χ3n) is 7.05. The Hall–Kier alpha value is -2.61. The molecule has 38 heavy (non-hydrogen) atoms. The van der Waals surface area contributed by atoms with Crippen LogP contribution in [-0.4, -0.2) is 31.1 Å². The van der Waals surface area contributed by atoms with E-state index in [-0.39, 0.29) is 29.1 Å². The molecule has 0 aliphatic heterocycles. The van der Waals surface area contributed by atoms with Gasteiger partial charge in [0.15, 0.2) is 5.94 Å². The van der Waals surface area contributed by atoms with Crippen LogP contribution >= 0.6 is 11.9 Å². The highest BCUT2D eigenvalue weighted by atomic mass is 32.3. The van der Waals surface area contributed by atoms with Crippen molar-refractivity contribution in [2.75, 3.05) is 13.0 Å². The van der Waals surface area contributed by atoms with Crippen molar-refractivity contribution >= 4 is 27.9 Å². The summed E-state index contributed by atoms with van der Waals surface area (Å²) < 4.78 is 32.0. The second-order valence-corrected chi connectivity index (χ2v) is 13.0. The molecule has 3 unspecified atom stereocenters. The first-order valence-corrected chi connectivity index (χ1v) is 15.6. The summed E-state index contributed by atoms with van der Waals surface area (Å²) in [6, 6.07) is 28.5. The maximum absolute atomic E-state index is 13.0. The van der Waals surface area contributed by atoms with Gasteiger partial charge < -0.3 is 4.74 Å². The highest BCUT2D eigenvalue weighted by molar-refractivity contribution is 8.08. The molecule has 0 spiro atoms. The van der Waals surface area contributed by atoms with E-state index in [4.69, 9.17) is 4.74 Å². The summed E-state index contributed by atoms with van der Waals surface area (Å²) in [6.45, 7) is 6.20. The van der Waals surface area contributed by atoms with E-state index in [0.717, 1.165) is 40.5 Å². The van der Waals surface area contributed by atoms with E-state index >= 15 is 0 Å². The van der Waals surface area contributed by atoms with Gasteiger partial charge in [0.2, 0.25) is 0 Å². The second-order valence-electron chi connectivity index (χ2n) is 9.73. The number of nitrogens with zero attached hydrogens (tertiary/aromatic N) is 1. The number of hydrogen-bond donors (Lipinski definition) is 0. The lowest BCUT2D eigenvalue weighted by Gasteiger charge is -2.24. The average Bonchev–Trinajstić information content (AvgIpc) is 2.95. The molecule has 0 radical (unpaired) electrons. The summed E-state index contributed by atoms with van der Waals surface area (Å²) in [6.07, 6.45) is 3.43. The van der Waals surface area contributed by atoms with Crippen LogP contribution in [0.4, 0.5) is 0 Å². The lowest BCUT2D eigenvalue weighted by Crippen LogP contribution is -2.21. The SMILES string of the molecule is CCC(=O)OCSN(C)S(=O)(=O)c1ccc(C(C)CC(CCC(C)c2ccccc2)c2ccccc2)cc1. The lowest BCUT2D eigenvalue weighted by molar-refractivity contribution is -0.141. The minimum atomic E-state index is -3.69. The molecule has 7 heteroatoms. The molecule has 0 amide bonds. The quantitative estimate of drug-likeness (QED) is 0.116. The molecular formula is C31H39NO4S2. The summed E-state index contributed by atoms with van der Waals surface area (Å²) >= 11 is 0.947. The van der Waals surface area contributed by atoms with Gasteiger partial charge in [0, 0.05) is 13.5 Å². The van der Waals surface area contributed by atoms with Crippen LogP contribution in [0.3, 0.4) is 0 Å². The van der Waals surface area contributed by atoms with Gasteiger partial charge in [0.25, 0.3) is 10.0 Å². The van der Waals surface area contributed by atoms with Gasteiger partial charge in [-0.2, -0.15) is 0 Å². The van der Waals surface area contributed by atoms with Crippen LogP contribution in [0, 0.1) is 0 Å². The zero-order chi connectivity index (χ0) is 27.5. The van der Waals surface area contributed by atoms with Gasteiger partial charge in [0.1, 0.15) is 0 Å². The molecular weight excluding hydrogens is 514 g/mol. The summed E-state index contributed by atoms with van der Waals surface area (Å²) in [5, 5.41) is 0. The van der Waals surface area contributed by atoms with E-state index in [0.29, 0.717) is 11.8 Å². The molecule has 0 heterocycles. The Morgan fingerprint density at radius 3 is 1.95 bits per heavy atom. The standard InChI is InChI=1S/C31H39NO4S2/c1-5-31(33)36-23-37-32(4)38(34,35)30-20-18-27(19-21-30)25(3)22-29(28-14-10-7-11-15-28)17-16-24(2)26-12-8-6-9-13-26/h6-15,18-21,24-25,29H,5,16-17,22-23H2,1-4H3. The van der Waals surface area contributed by atoms with Gasteiger partial charge in [0.05, 0.1) is 4.90 Å². The Morgan fingerprint density at radius 1 is 0.816 bits per heavy atom. The second kappa shape index (κ2) is 14.5. The fourth-order valence-corrected chi connectivity index (χ4v) is 6.61. The highest BCUT2D eigenvalue weighted by Gasteiger charge is 2.23. The summed E-state index contributed by atoms with van der Waals surface area (Å²) in [5.41, 5.74) is 3.84. The average molecular weight is 554 g/mol. The monoisotopic (exact) mass is 553 g/mol. The van der Waals surface area contributed by atoms with Gasteiger partial charge in [-0.3, -0.25) is 4.79 Å². The molecule has 0 aliphatic carbocycles. The topological polar surface area (TPSA) is 63.7 Å².